The fourth-order valence-corrected chi connectivity index (χ4v) is 2.37. The highest BCUT2D eigenvalue weighted by Gasteiger charge is 2.34. The van der Waals surface area contributed by atoms with Gasteiger partial charge in [0.15, 0.2) is 0 Å². The molecule has 0 aromatic rings. The van der Waals surface area contributed by atoms with E-state index in [-0.39, 0.29) is 17.9 Å². The molecule has 2 fully saturated rings. The molecule has 5 heteroatoms. The molecular weight excluding hydrogens is 208 g/mol. The normalized spacial score (nSPS) is 30.5. The highest BCUT2D eigenvalue weighted by atomic mass is 16.4. The summed E-state index contributed by atoms with van der Waals surface area (Å²) < 4.78 is 0. The molecule has 1 aliphatic heterocycles. The van der Waals surface area contributed by atoms with Gasteiger partial charge in [0.25, 0.3) is 0 Å². The summed E-state index contributed by atoms with van der Waals surface area (Å²) >= 11 is 0. The van der Waals surface area contributed by atoms with Gasteiger partial charge in [-0.05, 0) is 12.8 Å². The van der Waals surface area contributed by atoms with Gasteiger partial charge >= 0.3 is 5.97 Å². The van der Waals surface area contributed by atoms with Crippen LogP contribution in [0.1, 0.15) is 25.7 Å². The zero-order chi connectivity index (χ0) is 11.5. The molecule has 90 valence electrons. The fraction of sp³-hybridized carbons (Fsp3) is 0.818. The smallest absolute Gasteiger partial charge is 0.308 e. The molecule has 1 saturated heterocycles. The van der Waals surface area contributed by atoms with Crippen molar-refractivity contribution in [2.75, 3.05) is 13.1 Å². The van der Waals surface area contributed by atoms with Gasteiger partial charge in [-0.25, -0.2) is 0 Å². The third-order valence-corrected chi connectivity index (χ3v) is 3.56. The molecule has 0 spiro atoms. The molecule has 0 aromatic carbocycles. The maximum absolute atomic E-state index is 11.7. The van der Waals surface area contributed by atoms with Gasteiger partial charge in [0.05, 0.1) is 11.8 Å². The highest BCUT2D eigenvalue weighted by Crippen LogP contribution is 2.25. The Labute approximate surface area is 94.6 Å². The van der Waals surface area contributed by atoms with Crippen LogP contribution in [-0.4, -0.2) is 36.1 Å². The van der Waals surface area contributed by atoms with E-state index in [2.05, 4.69) is 10.6 Å². The lowest BCUT2D eigenvalue weighted by Gasteiger charge is -2.33. The summed E-state index contributed by atoms with van der Waals surface area (Å²) in [5.74, 6) is -1.13. The number of carbonyl (C=O) groups is 2. The first-order valence-electron chi connectivity index (χ1n) is 5.92. The molecule has 5 nitrogen and oxygen atoms in total. The Morgan fingerprint density at radius 2 is 1.88 bits per heavy atom. The highest BCUT2D eigenvalue weighted by molar-refractivity contribution is 5.81. The van der Waals surface area contributed by atoms with Crippen LogP contribution in [-0.2, 0) is 9.59 Å². The van der Waals surface area contributed by atoms with Crippen LogP contribution >= 0.6 is 0 Å². The number of carbonyl (C=O) groups excluding carboxylic acids is 1. The molecule has 0 bridgehead atoms. The Bertz CT molecular complexity index is 289. The molecule has 1 heterocycles. The van der Waals surface area contributed by atoms with E-state index in [1.807, 2.05) is 0 Å². The Hall–Kier alpha value is -1.10. The number of nitrogens with one attached hydrogen (secondary N) is 2. The summed E-state index contributed by atoms with van der Waals surface area (Å²) in [5, 5.41) is 15.0. The lowest BCUT2D eigenvalue weighted by molar-refractivity contribution is -0.144. The zero-order valence-electron chi connectivity index (χ0n) is 9.24. The summed E-state index contributed by atoms with van der Waals surface area (Å²) in [7, 11) is 0. The van der Waals surface area contributed by atoms with E-state index in [9.17, 15) is 9.59 Å². The van der Waals surface area contributed by atoms with E-state index in [1.165, 1.54) is 0 Å². The minimum atomic E-state index is -0.781. The van der Waals surface area contributed by atoms with Crippen molar-refractivity contribution in [2.24, 2.45) is 11.8 Å². The fourth-order valence-electron chi connectivity index (χ4n) is 2.37. The van der Waals surface area contributed by atoms with E-state index in [1.54, 1.807) is 0 Å². The molecule has 2 rings (SSSR count). The van der Waals surface area contributed by atoms with Crippen LogP contribution in [0, 0.1) is 11.8 Å². The van der Waals surface area contributed by atoms with Gasteiger partial charge in [-0.3, -0.25) is 9.59 Å². The Morgan fingerprint density at radius 1 is 1.19 bits per heavy atom. The Morgan fingerprint density at radius 3 is 2.44 bits per heavy atom. The molecule has 0 aromatic heterocycles. The maximum atomic E-state index is 11.7. The van der Waals surface area contributed by atoms with Crippen molar-refractivity contribution in [2.45, 2.75) is 31.7 Å². The SMILES string of the molecule is O=C(NC1CCCCC1C(=O)O)C1CNC1. The van der Waals surface area contributed by atoms with Gasteiger partial charge in [0.2, 0.25) is 5.91 Å². The third-order valence-electron chi connectivity index (χ3n) is 3.56. The van der Waals surface area contributed by atoms with E-state index in [0.29, 0.717) is 6.42 Å². The average molecular weight is 226 g/mol. The maximum Gasteiger partial charge on any atom is 0.308 e. The van der Waals surface area contributed by atoms with Gasteiger partial charge in [0, 0.05) is 19.1 Å². The lowest BCUT2D eigenvalue weighted by atomic mass is 9.84. The zero-order valence-corrected chi connectivity index (χ0v) is 9.24. The molecule has 1 aliphatic carbocycles. The number of hydrogen-bond acceptors (Lipinski definition) is 3. The van der Waals surface area contributed by atoms with E-state index in [0.717, 1.165) is 32.4 Å². The second kappa shape index (κ2) is 4.82. The molecule has 16 heavy (non-hydrogen) atoms. The standard InChI is InChI=1S/C11H18N2O3/c14-10(7-5-12-6-7)13-9-4-2-1-3-8(9)11(15)16/h7-9,12H,1-6H2,(H,13,14)(H,15,16). The summed E-state index contributed by atoms with van der Waals surface area (Å²) in [4.78, 5) is 22.8. The van der Waals surface area contributed by atoms with Crippen molar-refractivity contribution < 1.29 is 14.7 Å². The van der Waals surface area contributed by atoms with Crippen molar-refractivity contribution >= 4 is 11.9 Å². The first-order valence-corrected chi connectivity index (χ1v) is 5.92. The van der Waals surface area contributed by atoms with Crippen LogP contribution in [0.15, 0.2) is 0 Å². The minimum absolute atomic E-state index is 0.0110. The van der Waals surface area contributed by atoms with Gasteiger partial charge in [-0.2, -0.15) is 0 Å². The number of carboxylic acid groups (broad SMARTS) is 1. The van der Waals surface area contributed by atoms with Crippen LogP contribution in [0.2, 0.25) is 0 Å². The monoisotopic (exact) mass is 226 g/mol. The number of amides is 1. The molecule has 1 saturated carbocycles. The second-order valence-corrected chi connectivity index (χ2v) is 4.70. The largest absolute Gasteiger partial charge is 0.481 e. The van der Waals surface area contributed by atoms with Gasteiger partial charge < -0.3 is 15.7 Å². The average Bonchev–Trinajstić information content (AvgIpc) is 2.15. The molecule has 2 aliphatic rings. The molecule has 1 amide bonds. The summed E-state index contributed by atoms with van der Waals surface area (Å²) in [6.45, 7) is 1.44. The van der Waals surface area contributed by atoms with E-state index in [4.69, 9.17) is 5.11 Å². The molecular formula is C11H18N2O3. The molecule has 2 unspecified atom stereocenters. The Kier molecular flexibility index (Phi) is 3.43. The summed E-state index contributed by atoms with van der Waals surface area (Å²) in [6, 6.07) is -0.167. The first-order chi connectivity index (χ1) is 7.68. The van der Waals surface area contributed by atoms with Gasteiger partial charge in [-0.1, -0.05) is 12.8 Å². The second-order valence-electron chi connectivity index (χ2n) is 4.70. The predicted octanol–water partition coefficient (Wildman–Crippen LogP) is -0.0346. The van der Waals surface area contributed by atoms with Crippen LogP contribution in [0.25, 0.3) is 0 Å². The summed E-state index contributed by atoms with van der Waals surface area (Å²) in [6.07, 6.45) is 3.44. The van der Waals surface area contributed by atoms with Crippen molar-refractivity contribution in [1.82, 2.24) is 10.6 Å². The Balaban J connectivity index is 1.90. The van der Waals surface area contributed by atoms with Gasteiger partial charge in [0.1, 0.15) is 0 Å². The molecule has 0 radical (unpaired) electrons. The third kappa shape index (κ3) is 2.35. The van der Waals surface area contributed by atoms with Gasteiger partial charge in [-0.15, -0.1) is 0 Å². The number of carboxylic acids is 1. The quantitative estimate of drug-likeness (QED) is 0.631. The van der Waals surface area contributed by atoms with Crippen LogP contribution in [0.4, 0.5) is 0 Å². The topological polar surface area (TPSA) is 78.4 Å². The summed E-state index contributed by atoms with van der Waals surface area (Å²) in [5.41, 5.74) is 0. The first kappa shape index (κ1) is 11.4. The van der Waals surface area contributed by atoms with Crippen LogP contribution < -0.4 is 10.6 Å². The molecule has 3 N–H and O–H groups in total. The van der Waals surface area contributed by atoms with Crippen LogP contribution in [0.5, 0.6) is 0 Å². The van der Waals surface area contributed by atoms with Crippen LogP contribution in [0.3, 0.4) is 0 Å². The number of rotatable bonds is 3. The predicted molar refractivity (Wildman–Crippen MR) is 57.9 cm³/mol. The lowest BCUT2D eigenvalue weighted by Crippen LogP contribution is -2.55. The molecule has 2 atom stereocenters. The van der Waals surface area contributed by atoms with Crippen molar-refractivity contribution in [3.63, 3.8) is 0 Å². The van der Waals surface area contributed by atoms with Crippen molar-refractivity contribution in [3.8, 4) is 0 Å². The minimum Gasteiger partial charge on any atom is -0.481 e. The van der Waals surface area contributed by atoms with Crippen molar-refractivity contribution in [1.29, 1.82) is 0 Å². The van der Waals surface area contributed by atoms with E-state index >= 15 is 0 Å². The number of hydrogen-bond donors (Lipinski definition) is 3. The van der Waals surface area contributed by atoms with Crippen molar-refractivity contribution in [3.05, 3.63) is 0 Å². The van der Waals surface area contributed by atoms with E-state index < -0.39 is 11.9 Å². The number of aliphatic carboxylic acids is 1.